The number of benzene rings is 2. The number of carbonyl (C=O) groups is 1. The number of esters is 1. The monoisotopic (exact) mass is 402 g/mol. The molecule has 2 aromatic carbocycles. The van der Waals surface area contributed by atoms with Gasteiger partial charge < -0.3 is 14.0 Å². The Bertz CT molecular complexity index is 930. The zero-order valence-corrected chi connectivity index (χ0v) is 16.7. The van der Waals surface area contributed by atoms with E-state index in [1.807, 2.05) is 44.2 Å². The van der Waals surface area contributed by atoms with Gasteiger partial charge in [0, 0.05) is 11.8 Å². The van der Waals surface area contributed by atoms with E-state index in [9.17, 15) is 9.18 Å². The molecule has 3 rings (SSSR count). The first-order chi connectivity index (χ1) is 13.6. The van der Waals surface area contributed by atoms with Crippen molar-refractivity contribution in [2.45, 2.75) is 38.1 Å². The second kappa shape index (κ2) is 9.59. The third-order valence-corrected chi connectivity index (χ3v) is 5.14. The summed E-state index contributed by atoms with van der Waals surface area (Å²) in [5.41, 5.74) is 1.22. The summed E-state index contributed by atoms with van der Waals surface area (Å²) in [5.74, 6) is 0.751. The van der Waals surface area contributed by atoms with E-state index in [-0.39, 0.29) is 24.4 Å². The van der Waals surface area contributed by atoms with E-state index >= 15 is 0 Å². The van der Waals surface area contributed by atoms with Gasteiger partial charge in [0.1, 0.15) is 18.1 Å². The molecule has 0 spiro atoms. The van der Waals surface area contributed by atoms with Crippen LogP contribution in [0.4, 0.5) is 4.39 Å². The van der Waals surface area contributed by atoms with Crippen molar-refractivity contribution in [3.63, 3.8) is 0 Å². The zero-order valence-electron chi connectivity index (χ0n) is 15.9. The summed E-state index contributed by atoms with van der Waals surface area (Å²) in [6, 6.07) is 13.9. The number of ether oxygens (including phenoxy) is 2. The van der Waals surface area contributed by atoms with Crippen LogP contribution in [0.1, 0.15) is 20.3 Å². The van der Waals surface area contributed by atoms with E-state index in [0.717, 1.165) is 12.2 Å². The molecular weight excluding hydrogens is 379 g/mol. The lowest BCUT2D eigenvalue weighted by molar-refractivity contribution is -0.149. The number of halogens is 1. The Labute approximate surface area is 167 Å². The van der Waals surface area contributed by atoms with Gasteiger partial charge in [-0.25, -0.2) is 9.37 Å². The molecule has 28 heavy (non-hydrogen) atoms. The molecule has 0 radical (unpaired) electrons. The molecular formula is C21H23FN2O3S. The van der Waals surface area contributed by atoms with Crippen molar-refractivity contribution in [3.8, 4) is 5.75 Å². The Balaban J connectivity index is 1.71. The van der Waals surface area contributed by atoms with Gasteiger partial charge in [-0.2, -0.15) is 0 Å². The van der Waals surface area contributed by atoms with Gasteiger partial charge in [-0.15, -0.1) is 0 Å². The lowest BCUT2D eigenvalue weighted by Gasteiger charge is -2.13. The summed E-state index contributed by atoms with van der Waals surface area (Å²) in [5, 5.41) is 0.637. The standard InChI is InChI=1S/C21H23FN2O3S/c1-3-15(2)27-20(25)14-24-19-10-9-16(22)13-18(19)23-21(24)28-12-11-26-17-7-5-4-6-8-17/h4-10,13,15H,3,11-12,14H2,1-2H3. The topological polar surface area (TPSA) is 53.4 Å². The van der Waals surface area contributed by atoms with Crippen molar-refractivity contribution in [1.29, 1.82) is 0 Å². The summed E-state index contributed by atoms with van der Waals surface area (Å²) < 4.78 is 26.4. The molecule has 0 aliphatic heterocycles. The number of fused-ring (bicyclic) bond motifs is 1. The van der Waals surface area contributed by atoms with Crippen LogP contribution in [0.2, 0.25) is 0 Å². The Kier molecular flexibility index (Phi) is 6.92. The first kappa shape index (κ1) is 20.2. The van der Waals surface area contributed by atoms with E-state index in [1.165, 1.54) is 23.9 Å². The van der Waals surface area contributed by atoms with E-state index in [4.69, 9.17) is 9.47 Å². The average Bonchev–Trinajstić information content (AvgIpc) is 3.02. The number of rotatable bonds is 9. The highest BCUT2D eigenvalue weighted by atomic mass is 32.2. The van der Waals surface area contributed by atoms with Crippen molar-refractivity contribution >= 4 is 28.8 Å². The zero-order chi connectivity index (χ0) is 19.9. The Morgan fingerprint density at radius 2 is 2.04 bits per heavy atom. The van der Waals surface area contributed by atoms with E-state index in [0.29, 0.717) is 28.5 Å². The highest BCUT2D eigenvalue weighted by Crippen LogP contribution is 2.25. The second-order valence-corrected chi connectivity index (χ2v) is 7.39. The summed E-state index contributed by atoms with van der Waals surface area (Å²) >= 11 is 1.46. The van der Waals surface area contributed by atoms with E-state index < -0.39 is 0 Å². The molecule has 5 nitrogen and oxygen atoms in total. The number of thioether (sulfide) groups is 1. The molecule has 1 atom stereocenters. The van der Waals surface area contributed by atoms with Crippen molar-refractivity contribution in [1.82, 2.24) is 9.55 Å². The van der Waals surface area contributed by atoms with Crippen LogP contribution in [-0.2, 0) is 16.1 Å². The number of imidazole rings is 1. The van der Waals surface area contributed by atoms with Gasteiger partial charge in [-0.1, -0.05) is 36.9 Å². The SMILES string of the molecule is CCC(C)OC(=O)Cn1c(SCCOc2ccccc2)nc2cc(F)ccc21. The van der Waals surface area contributed by atoms with Crippen molar-refractivity contribution < 1.29 is 18.7 Å². The molecule has 1 unspecified atom stereocenters. The number of carbonyl (C=O) groups excluding carboxylic acids is 1. The molecule has 0 amide bonds. The molecule has 7 heteroatoms. The van der Waals surface area contributed by atoms with Gasteiger partial charge in [0.05, 0.1) is 23.7 Å². The van der Waals surface area contributed by atoms with E-state index in [1.54, 1.807) is 10.6 Å². The number of hydrogen-bond acceptors (Lipinski definition) is 5. The van der Waals surface area contributed by atoms with Crippen LogP contribution >= 0.6 is 11.8 Å². The van der Waals surface area contributed by atoms with Crippen LogP contribution in [0.15, 0.2) is 53.7 Å². The summed E-state index contributed by atoms with van der Waals surface area (Å²) in [6.07, 6.45) is 0.607. The third-order valence-electron chi connectivity index (χ3n) is 4.20. The van der Waals surface area contributed by atoms with Crippen LogP contribution in [0, 0.1) is 5.82 Å². The van der Waals surface area contributed by atoms with Crippen LogP contribution in [0.25, 0.3) is 11.0 Å². The van der Waals surface area contributed by atoms with Crippen molar-refractivity contribution in [2.75, 3.05) is 12.4 Å². The van der Waals surface area contributed by atoms with Gasteiger partial charge in [0.15, 0.2) is 5.16 Å². The van der Waals surface area contributed by atoms with Crippen LogP contribution in [-0.4, -0.2) is 34.0 Å². The third kappa shape index (κ3) is 5.25. The molecule has 0 saturated carbocycles. The molecule has 148 valence electrons. The quantitative estimate of drug-likeness (QED) is 0.295. The fraction of sp³-hybridized carbons (Fsp3) is 0.333. The van der Waals surface area contributed by atoms with Gasteiger partial charge in [0.2, 0.25) is 0 Å². The van der Waals surface area contributed by atoms with Crippen LogP contribution in [0.3, 0.4) is 0 Å². The second-order valence-electron chi connectivity index (χ2n) is 6.33. The Morgan fingerprint density at radius 3 is 2.79 bits per heavy atom. The maximum absolute atomic E-state index is 13.6. The predicted octanol–water partition coefficient (Wildman–Crippen LogP) is 4.69. The van der Waals surface area contributed by atoms with Crippen molar-refractivity contribution in [3.05, 3.63) is 54.3 Å². The number of hydrogen-bond donors (Lipinski definition) is 0. The normalized spacial score (nSPS) is 12.1. The van der Waals surface area contributed by atoms with Gasteiger partial charge in [-0.3, -0.25) is 4.79 Å². The number of para-hydroxylation sites is 1. The maximum atomic E-state index is 13.6. The summed E-state index contributed by atoms with van der Waals surface area (Å²) in [4.78, 5) is 16.8. The first-order valence-corrected chi connectivity index (χ1v) is 10.2. The first-order valence-electron chi connectivity index (χ1n) is 9.22. The Morgan fingerprint density at radius 1 is 1.25 bits per heavy atom. The van der Waals surface area contributed by atoms with Crippen LogP contribution < -0.4 is 4.74 Å². The summed E-state index contributed by atoms with van der Waals surface area (Å²) in [7, 11) is 0. The maximum Gasteiger partial charge on any atom is 0.326 e. The highest BCUT2D eigenvalue weighted by molar-refractivity contribution is 7.99. The molecule has 0 N–H and O–H groups in total. The Hall–Kier alpha value is -2.54. The molecule has 0 aliphatic rings. The van der Waals surface area contributed by atoms with Gasteiger partial charge >= 0.3 is 5.97 Å². The van der Waals surface area contributed by atoms with Gasteiger partial charge in [-0.05, 0) is 37.6 Å². The highest BCUT2D eigenvalue weighted by Gasteiger charge is 2.17. The molecule has 0 saturated heterocycles. The molecule has 0 bridgehead atoms. The lowest BCUT2D eigenvalue weighted by atomic mass is 10.3. The predicted molar refractivity (Wildman–Crippen MR) is 108 cm³/mol. The largest absolute Gasteiger partial charge is 0.493 e. The number of nitrogens with zero attached hydrogens (tertiary/aromatic N) is 2. The minimum atomic E-state index is -0.358. The van der Waals surface area contributed by atoms with Crippen LogP contribution in [0.5, 0.6) is 5.75 Å². The smallest absolute Gasteiger partial charge is 0.326 e. The molecule has 0 fully saturated rings. The van der Waals surface area contributed by atoms with Crippen molar-refractivity contribution in [2.24, 2.45) is 0 Å². The fourth-order valence-corrected chi connectivity index (χ4v) is 3.46. The minimum Gasteiger partial charge on any atom is -0.493 e. The molecule has 1 heterocycles. The van der Waals surface area contributed by atoms with E-state index in [2.05, 4.69) is 4.98 Å². The minimum absolute atomic E-state index is 0.0361. The molecule has 3 aromatic rings. The van der Waals surface area contributed by atoms with Gasteiger partial charge in [0.25, 0.3) is 0 Å². The number of aromatic nitrogens is 2. The fourth-order valence-electron chi connectivity index (χ4n) is 2.63. The summed E-state index contributed by atoms with van der Waals surface area (Å²) in [6.45, 7) is 4.34. The molecule has 0 aliphatic carbocycles. The lowest BCUT2D eigenvalue weighted by Crippen LogP contribution is -2.19. The average molecular weight is 402 g/mol. The molecule has 1 aromatic heterocycles.